The molecule has 2 aromatic rings. The minimum atomic E-state index is -0.487. The number of hydrogen-bond acceptors (Lipinski definition) is 2. The van der Waals surface area contributed by atoms with Gasteiger partial charge in [0.25, 0.3) is 0 Å². The Morgan fingerprint density at radius 2 is 2.19 bits per heavy atom. The minimum absolute atomic E-state index is 0.147. The Kier molecular flexibility index (Phi) is 2.85. The van der Waals surface area contributed by atoms with Crippen LogP contribution in [0.15, 0.2) is 30.6 Å². The summed E-state index contributed by atoms with van der Waals surface area (Å²) in [6, 6.07) is 3.32. The summed E-state index contributed by atoms with van der Waals surface area (Å²) in [7, 11) is 0. The minimum Gasteiger partial charge on any atom is -0.356 e. The van der Waals surface area contributed by atoms with Gasteiger partial charge in [0.15, 0.2) is 0 Å². The molecule has 1 aromatic carbocycles. The smallest absolute Gasteiger partial charge is 0.207 e. The van der Waals surface area contributed by atoms with Crippen LogP contribution in [0, 0.1) is 11.6 Å². The lowest BCUT2D eigenvalue weighted by molar-refractivity contribution is 0.593. The summed E-state index contributed by atoms with van der Waals surface area (Å²) in [6.45, 7) is 2.56. The van der Waals surface area contributed by atoms with Crippen molar-refractivity contribution in [3.8, 4) is 5.69 Å². The van der Waals surface area contributed by atoms with E-state index in [0.717, 1.165) is 18.2 Å². The van der Waals surface area contributed by atoms with E-state index in [1.165, 1.54) is 10.8 Å². The van der Waals surface area contributed by atoms with Crippen molar-refractivity contribution in [3.63, 3.8) is 0 Å². The fraction of sp³-hybridized carbons (Fsp3) is 0.182. The molecule has 0 aliphatic rings. The fourth-order valence-corrected chi connectivity index (χ4v) is 1.46. The molecule has 3 nitrogen and oxygen atoms in total. The van der Waals surface area contributed by atoms with E-state index in [9.17, 15) is 8.78 Å². The van der Waals surface area contributed by atoms with Crippen LogP contribution in [0.5, 0.6) is 0 Å². The molecule has 0 amide bonds. The monoisotopic (exact) mass is 223 g/mol. The van der Waals surface area contributed by atoms with E-state index in [1.807, 2.05) is 6.92 Å². The van der Waals surface area contributed by atoms with Gasteiger partial charge in [-0.3, -0.25) is 4.57 Å². The van der Waals surface area contributed by atoms with Gasteiger partial charge in [0.05, 0.1) is 5.69 Å². The van der Waals surface area contributed by atoms with Gasteiger partial charge in [-0.2, -0.15) is 0 Å². The Morgan fingerprint density at radius 3 is 2.94 bits per heavy atom. The van der Waals surface area contributed by atoms with Gasteiger partial charge in [0.2, 0.25) is 5.95 Å². The molecule has 0 saturated carbocycles. The van der Waals surface area contributed by atoms with Gasteiger partial charge in [0.1, 0.15) is 11.6 Å². The molecule has 1 N–H and O–H groups in total. The van der Waals surface area contributed by atoms with Crippen molar-refractivity contribution in [1.29, 1.82) is 0 Å². The van der Waals surface area contributed by atoms with Crippen molar-refractivity contribution in [2.24, 2.45) is 0 Å². The zero-order valence-electron chi connectivity index (χ0n) is 8.74. The first-order valence-electron chi connectivity index (χ1n) is 4.95. The topological polar surface area (TPSA) is 29.9 Å². The van der Waals surface area contributed by atoms with E-state index in [0.29, 0.717) is 12.5 Å². The number of rotatable bonds is 3. The molecule has 1 heterocycles. The molecule has 1 aromatic heterocycles. The third-order valence-corrected chi connectivity index (χ3v) is 2.14. The summed E-state index contributed by atoms with van der Waals surface area (Å²) in [5.41, 5.74) is 0.147. The predicted molar refractivity (Wildman–Crippen MR) is 57.6 cm³/mol. The average molecular weight is 223 g/mol. The first-order chi connectivity index (χ1) is 7.72. The Hall–Kier alpha value is -1.91. The van der Waals surface area contributed by atoms with Crippen LogP contribution in [-0.4, -0.2) is 16.1 Å². The molecular formula is C11H11F2N3. The van der Waals surface area contributed by atoms with E-state index in [2.05, 4.69) is 10.3 Å². The van der Waals surface area contributed by atoms with E-state index in [4.69, 9.17) is 0 Å². The Balaban J connectivity index is 2.49. The number of aromatic nitrogens is 2. The largest absolute Gasteiger partial charge is 0.356 e. The Morgan fingerprint density at radius 1 is 1.38 bits per heavy atom. The van der Waals surface area contributed by atoms with Crippen LogP contribution in [0.1, 0.15) is 6.92 Å². The Labute approximate surface area is 91.7 Å². The summed E-state index contributed by atoms with van der Waals surface area (Å²) in [4.78, 5) is 4.02. The first-order valence-corrected chi connectivity index (χ1v) is 4.95. The molecule has 0 spiro atoms. The third kappa shape index (κ3) is 1.88. The molecule has 0 saturated heterocycles. The summed E-state index contributed by atoms with van der Waals surface area (Å²) < 4.78 is 28.0. The second kappa shape index (κ2) is 4.30. The van der Waals surface area contributed by atoms with Gasteiger partial charge in [0, 0.05) is 25.0 Å². The van der Waals surface area contributed by atoms with Crippen molar-refractivity contribution in [2.45, 2.75) is 6.92 Å². The molecule has 0 radical (unpaired) electrons. The standard InChI is InChI=1S/C11H11F2N3/c1-2-14-11-15-5-6-16(11)10-7-8(12)3-4-9(10)13/h3-7H,2H2,1H3,(H,14,15). The fourth-order valence-electron chi connectivity index (χ4n) is 1.46. The number of nitrogens with one attached hydrogen (secondary N) is 1. The van der Waals surface area contributed by atoms with Crippen molar-refractivity contribution in [2.75, 3.05) is 11.9 Å². The number of imidazole rings is 1. The van der Waals surface area contributed by atoms with Gasteiger partial charge < -0.3 is 5.32 Å². The zero-order chi connectivity index (χ0) is 11.5. The second-order valence-corrected chi connectivity index (χ2v) is 3.25. The first kappa shape index (κ1) is 10.6. The summed E-state index contributed by atoms with van der Waals surface area (Å²) >= 11 is 0. The molecule has 0 aliphatic heterocycles. The molecule has 2 rings (SSSR count). The van der Waals surface area contributed by atoms with Crippen molar-refractivity contribution in [1.82, 2.24) is 9.55 Å². The number of halogens is 2. The van der Waals surface area contributed by atoms with Crippen molar-refractivity contribution in [3.05, 3.63) is 42.2 Å². The van der Waals surface area contributed by atoms with Crippen LogP contribution in [-0.2, 0) is 0 Å². The summed E-state index contributed by atoms with van der Waals surface area (Å²) in [5, 5.41) is 2.96. The van der Waals surface area contributed by atoms with Crippen molar-refractivity contribution >= 4 is 5.95 Å². The maximum atomic E-state index is 13.5. The molecule has 0 bridgehead atoms. The summed E-state index contributed by atoms with van der Waals surface area (Å²) in [6.07, 6.45) is 3.11. The molecule has 0 atom stereocenters. The highest BCUT2D eigenvalue weighted by molar-refractivity contribution is 5.42. The van der Waals surface area contributed by atoms with Gasteiger partial charge in [-0.15, -0.1) is 0 Å². The number of anilines is 1. The second-order valence-electron chi connectivity index (χ2n) is 3.25. The number of hydrogen-bond donors (Lipinski definition) is 1. The van der Waals surface area contributed by atoms with Crippen LogP contribution >= 0.6 is 0 Å². The zero-order valence-corrected chi connectivity index (χ0v) is 8.74. The SMILES string of the molecule is CCNc1nccn1-c1cc(F)ccc1F. The van der Waals surface area contributed by atoms with E-state index >= 15 is 0 Å². The molecule has 0 aliphatic carbocycles. The highest BCUT2D eigenvalue weighted by Gasteiger charge is 2.09. The highest BCUT2D eigenvalue weighted by atomic mass is 19.1. The molecule has 84 valence electrons. The van der Waals surface area contributed by atoms with Crippen LogP contribution in [0.2, 0.25) is 0 Å². The Bertz CT molecular complexity index is 494. The van der Waals surface area contributed by atoms with Crippen LogP contribution in [0.25, 0.3) is 5.69 Å². The molecule has 0 unspecified atom stereocenters. The lowest BCUT2D eigenvalue weighted by atomic mass is 10.3. The van der Waals surface area contributed by atoms with Gasteiger partial charge in [-0.1, -0.05) is 0 Å². The van der Waals surface area contributed by atoms with E-state index in [-0.39, 0.29) is 5.69 Å². The molecule has 5 heteroatoms. The van der Waals surface area contributed by atoms with Crippen LogP contribution < -0.4 is 5.32 Å². The number of benzene rings is 1. The molecular weight excluding hydrogens is 212 g/mol. The van der Waals surface area contributed by atoms with E-state index in [1.54, 1.807) is 6.20 Å². The van der Waals surface area contributed by atoms with Gasteiger partial charge in [-0.05, 0) is 19.1 Å². The maximum absolute atomic E-state index is 13.5. The lowest BCUT2D eigenvalue weighted by Gasteiger charge is -2.09. The van der Waals surface area contributed by atoms with E-state index < -0.39 is 11.6 Å². The highest BCUT2D eigenvalue weighted by Crippen LogP contribution is 2.18. The van der Waals surface area contributed by atoms with Gasteiger partial charge >= 0.3 is 0 Å². The molecule has 0 fully saturated rings. The van der Waals surface area contributed by atoms with Crippen LogP contribution in [0.4, 0.5) is 14.7 Å². The number of nitrogens with zero attached hydrogens (tertiary/aromatic N) is 2. The lowest BCUT2D eigenvalue weighted by Crippen LogP contribution is -2.06. The quantitative estimate of drug-likeness (QED) is 0.866. The third-order valence-electron chi connectivity index (χ3n) is 2.14. The molecule has 16 heavy (non-hydrogen) atoms. The predicted octanol–water partition coefficient (Wildman–Crippen LogP) is 2.58. The average Bonchev–Trinajstić information content (AvgIpc) is 2.70. The maximum Gasteiger partial charge on any atom is 0.207 e. The normalized spacial score (nSPS) is 10.4. The van der Waals surface area contributed by atoms with Crippen molar-refractivity contribution < 1.29 is 8.78 Å². The summed E-state index contributed by atoms with van der Waals surface area (Å²) in [5.74, 6) is -0.474. The van der Waals surface area contributed by atoms with Crippen LogP contribution in [0.3, 0.4) is 0 Å². The van der Waals surface area contributed by atoms with Gasteiger partial charge in [-0.25, -0.2) is 13.8 Å².